The number of methoxy groups -OCH3 is 2. The molecule has 0 spiro atoms. The molecule has 1 saturated carbocycles. The molecule has 2 aromatic heterocycles. The largest absolute Gasteiger partial charge is 0.460 e. The van der Waals surface area contributed by atoms with Gasteiger partial charge in [-0.3, -0.25) is 39.0 Å². The number of anilines is 2. The molecule has 12 rings (SSSR count). The van der Waals surface area contributed by atoms with Gasteiger partial charge in [0, 0.05) is 145 Å². The molecule has 690 valence electrons. The number of carbonyl (C=O) groups is 6. The first-order chi connectivity index (χ1) is 60.6. The van der Waals surface area contributed by atoms with E-state index in [4.69, 9.17) is 44.8 Å². The number of cyclic esters (lactones) is 1. The number of sulfonamides is 1. The molecule has 2 aliphatic carbocycles. The molecule has 30 heteroatoms. The molecule has 5 aromatic rings. The van der Waals surface area contributed by atoms with E-state index < -0.39 is 127 Å². The Bertz CT molecular complexity index is 5000. The van der Waals surface area contributed by atoms with Crippen molar-refractivity contribution in [2.75, 3.05) is 96.2 Å². The molecule has 4 saturated heterocycles. The minimum absolute atomic E-state index is 0.0147. The standard InChI is InChI=1S/C97H129ClN8O20S/c1-60-17-13-12-14-18-61(2)84(53-74-27-20-66(7)97(115,126-74)91(111)94(113)105-38-16-15-19-80(105)95(114)125-85(63(4)49-68-21-31-82(107)87(50-68)120-10)55-83(108)62(3)48-65(6)89(110)90(121-11)88(109)64(5)47-60)123-46-43-104(58-67-34-44-122-45-35-67)79-30-28-76(54-81(79)106(116)117)127(118,119)101-93(112)77-29-26-73(52-86(77)124-75-51-70-33-37-99-92(70)100-57-75)103-41-39-102(40-42-103)59-71-32-36-96(8,9)56-78(71)69-22-24-72(98)25-23-69/h12-14,17-18,22-26,28-30,33,37,48,51-52,54,57,60,62-64,66-68,74,80,82,84-85,87,89-90,107,110,115H,15-16,19-21,27,31-32,34-36,38-47,49-50,53,55-56,58-59H2,1-11H3,(H,99,100)(H,101,112)/b14-12+,17-13+,61-18-,65-48+/t60-,62-,63?,64-,66-,68-,74+,80+,82-,84+,85+,87-,89-,90+,97-/m1/s1. The van der Waals surface area contributed by atoms with Gasteiger partial charge in [-0.05, 0) is 210 Å². The van der Waals surface area contributed by atoms with Crippen molar-refractivity contribution in [2.24, 2.45) is 46.8 Å². The second kappa shape index (κ2) is 43.7. The van der Waals surface area contributed by atoms with Crippen molar-refractivity contribution in [3.8, 4) is 11.5 Å². The van der Waals surface area contributed by atoms with E-state index in [0.29, 0.717) is 112 Å². The van der Waals surface area contributed by atoms with Crippen LogP contribution in [0.3, 0.4) is 0 Å². The van der Waals surface area contributed by atoms with Gasteiger partial charge < -0.3 is 68.2 Å². The Morgan fingerprint density at radius 2 is 1.61 bits per heavy atom. The van der Waals surface area contributed by atoms with Crippen LogP contribution in [0.1, 0.15) is 187 Å². The van der Waals surface area contributed by atoms with Crippen molar-refractivity contribution in [3.63, 3.8) is 0 Å². The Hall–Kier alpha value is -8.85. The number of fused-ring (bicyclic) bond motifs is 4. The first-order valence-corrected chi connectivity index (χ1v) is 47.1. The molecule has 28 nitrogen and oxygen atoms in total. The van der Waals surface area contributed by atoms with Crippen LogP contribution in [0.5, 0.6) is 11.5 Å². The Morgan fingerprint density at radius 1 is 0.850 bits per heavy atom. The van der Waals surface area contributed by atoms with Gasteiger partial charge in [-0.1, -0.05) is 114 Å². The van der Waals surface area contributed by atoms with E-state index in [-0.39, 0.29) is 109 Å². The number of hydrogen-bond donors (Lipinski definition) is 5. The number of nitrogens with one attached hydrogen (secondary N) is 2. The quantitative estimate of drug-likeness (QED) is 0.0141. The number of rotatable bonds is 22. The summed E-state index contributed by atoms with van der Waals surface area (Å²) in [4.78, 5) is 116. The van der Waals surface area contributed by atoms with Gasteiger partial charge in [0.2, 0.25) is 5.79 Å². The highest BCUT2D eigenvalue weighted by Crippen LogP contribution is 2.45. The van der Waals surface area contributed by atoms with E-state index in [1.165, 1.54) is 48.2 Å². The van der Waals surface area contributed by atoms with Gasteiger partial charge in [-0.2, -0.15) is 0 Å². The van der Waals surface area contributed by atoms with E-state index in [0.717, 1.165) is 60.9 Å². The van der Waals surface area contributed by atoms with E-state index in [1.54, 1.807) is 76.3 Å². The van der Waals surface area contributed by atoms with Gasteiger partial charge in [0.05, 0.1) is 52.6 Å². The molecular formula is C97H129ClN8O20S. The van der Waals surface area contributed by atoms with E-state index in [1.807, 2.05) is 63.3 Å². The van der Waals surface area contributed by atoms with Crippen LogP contribution in [0.2, 0.25) is 5.02 Å². The maximum Gasteiger partial charge on any atom is 0.329 e. The Kier molecular flexibility index (Phi) is 33.5. The number of carbonyl (C=O) groups excluding carboxylic acids is 6. The van der Waals surface area contributed by atoms with Crippen LogP contribution in [0.15, 0.2) is 143 Å². The smallest absolute Gasteiger partial charge is 0.329 e. The number of nitro groups is 1. The monoisotopic (exact) mass is 1790 g/mol. The highest BCUT2D eigenvalue weighted by molar-refractivity contribution is 7.90. The fraction of sp³-hybridized carbons (Fsp3) is 0.577. The zero-order valence-electron chi connectivity index (χ0n) is 75.3. The number of ether oxygens (including phenoxy) is 7. The molecular weight excluding hydrogens is 1660 g/mol. The number of hydrogen-bond acceptors (Lipinski definition) is 24. The summed E-state index contributed by atoms with van der Waals surface area (Å²) in [5.74, 6) is -10.2. The van der Waals surface area contributed by atoms with Crippen LogP contribution in [-0.4, -0.2) is 225 Å². The lowest BCUT2D eigenvalue weighted by Crippen LogP contribution is -2.61. The molecule has 5 aliphatic heterocycles. The zero-order valence-corrected chi connectivity index (χ0v) is 76.8. The highest BCUT2D eigenvalue weighted by Gasteiger charge is 2.54. The van der Waals surface area contributed by atoms with Crippen LogP contribution in [-0.2, 0) is 62.4 Å². The minimum Gasteiger partial charge on any atom is -0.460 e. The topological polar surface area (TPSA) is 359 Å². The number of piperazine rings is 1. The number of aliphatic hydroxyl groups excluding tert-OH is 2. The normalized spacial score (nSPS) is 29.4. The number of allylic oxidation sites excluding steroid dienone is 7. The maximum absolute atomic E-state index is 15.0. The average Bonchev–Trinajstić information content (AvgIpc) is 1.26. The number of H-pyrrole nitrogens is 1. The number of nitrogens with zero attached hydrogens (tertiary/aromatic N) is 6. The molecule has 15 atom stereocenters. The van der Waals surface area contributed by atoms with Crippen molar-refractivity contribution < 1.29 is 90.6 Å². The average molecular weight is 1790 g/mol. The van der Waals surface area contributed by atoms with Gasteiger partial charge >= 0.3 is 5.97 Å². The molecule has 5 fully saturated rings. The predicted molar refractivity (Wildman–Crippen MR) is 485 cm³/mol. The number of aliphatic hydroxyl groups is 3. The summed E-state index contributed by atoms with van der Waals surface area (Å²) >= 11 is 6.33. The van der Waals surface area contributed by atoms with Gasteiger partial charge in [0.1, 0.15) is 53.0 Å². The van der Waals surface area contributed by atoms with Crippen LogP contribution >= 0.6 is 11.6 Å². The second-order valence-electron chi connectivity index (χ2n) is 37.1. The Morgan fingerprint density at radius 3 is 2.34 bits per heavy atom. The van der Waals surface area contributed by atoms with Gasteiger partial charge in [-0.25, -0.2) is 22.9 Å². The SMILES string of the molecule is CO[C@@H]1C[C@@H](CC(C)[C@@H]2CC(=O)[C@H](C)/C=C(\C)[C@@H](O)[C@@H](OC)C(=O)[C@H](C)C[C@H](C)/C=C/C=C/C=C(/C)[C@@H](OCCN(CC3CCOCC3)c3ccc(S(=O)(=O)NC(=O)c4ccc(N5CCN(CC6=C(c7ccc(Cl)cc7)CC(C)(C)CC6)CC5)cc4Oc4cnc5[nH]ccc5c4)cc3[N+](=O)[O-])C[C@@H]3CC[C@@H](C)[C@@](O)(O3)C(=O)C(=O)N3CCCC[C@H]3C(=O)O2)CC[C@H]1O. The molecule has 1 unspecified atom stereocenters. The number of nitro benzene ring substituents is 1. The molecule has 5 N–H and O–H groups in total. The van der Waals surface area contributed by atoms with Gasteiger partial charge in [0.15, 0.2) is 5.78 Å². The summed E-state index contributed by atoms with van der Waals surface area (Å²) in [6.45, 7) is 21.6. The number of benzene rings is 3. The summed E-state index contributed by atoms with van der Waals surface area (Å²) in [7, 11) is -1.98. The van der Waals surface area contributed by atoms with Crippen molar-refractivity contribution in [2.45, 2.75) is 231 Å². The minimum atomic E-state index is -4.87. The Balaban J connectivity index is 0.791. The molecule has 2 amide bonds. The van der Waals surface area contributed by atoms with Crippen LogP contribution in [0, 0.1) is 57.0 Å². The molecule has 7 heterocycles. The molecule has 127 heavy (non-hydrogen) atoms. The fourth-order valence-electron chi connectivity index (χ4n) is 19.2. The summed E-state index contributed by atoms with van der Waals surface area (Å²) in [6.07, 6.45) is 15.7. The third-order valence-electron chi connectivity index (χ3n) is 27.1. The van der Waals surface area contributed by atoms with Crippen molar-refractivity contribution >= 4 is 90.4 Å². The van der Waals surface area contributed by atoms with Crippen molar-refractivity contribution in [1.82, 2.24) is 24.5 Å². The third kappa shape index (κ3) is 24.8. The lowest BCUT2D eigenvalue weighted by atomic mass is 9.72. The van der Waals surface area contributed by atoms with Gasteiger partial charge in [-0.15, -0.1) is 0 Å². The number of amides is 2. The fourth-order valence-corrected chi connectivity index (χ4v) is 20.3. The summed E-state index contributed by atoms with van der Waals surface area (Å²) in [5.41, 5.74) is 5.84. The third-order valence-corrected chi connectivity index (χ3v) is 28.6. The number of aromatic amines is 1. The number of pyridine rings is 1. The van der Waals surface area contributed by atoms with Gasteiger partial charge in [0.25, 0.3) is 33.3 Å². The summed E-state index contributed by atoms with van der Waals surface area (Å²) in [6, 6.07) is 18.9. The van der Waals surface area contributed by atoms with E-state index in [9.17, 15) is 57.8 Å². The van der Waals surface area contributed by atoms with Crippen LogP contribution < -0.4 is 19.3 Å². The molecule has 7 aliphatic rings. The predicted octanol–water partition coefficient (Wildman–Crippen LogP) is 14.6. The lowest BCUT2D eigenvalue weighted by molar-refractivity contribution is -0.384. The maximum atomic E-state index is 15.0. The molecule has 3 aromatic carbocycles. The number of piperidine rings is 1. The first-order valence-electron chi connectivity index (χ1n) is 45.2. The van der Waals surface area contributed by atoms with Crippen LogP contribution in [0.25, 0.3) is 16.6 Å². The lowest BCUT2D eigenvalue weighted by Gasteiger charge is -2.43. The molecule has 2 bridgehead atoms. The summed E-state index contributed by atoms with van der Waals surface area (Å²) < 4.78 is 75.0. The number of halogens is 1. The number of Topliss-reactive ketones (excluding diaryl/α,β-unsaturated/α-hetero) is 3. The number of esters is 1. The number of aromatic nitrogens is 2. The second-order valence-corrected chi connectivity index (χ2v) is 39.3. The molecule has 0 radical (unpaired) electrons. The number of ketones is 3. The van der Waals surface area contributed by atoms with Crippen LogP contribution in [0.4, 0.5) is 17.1 Å². The van der Waals surface area contributed by atoms with Crippen molar-refractivity contribution in [3.05, 3.63) is 165 Å². The Labute approximate surface area is 751 Å². The first kappa shape index (κ1) is 97.2. The summed E-state index contributed by atoms with van der Waals surface area (Å²) in [5, 5.41) is 50.1. The van der Waals surface area contributed by atoms with Crippen molar-refractivity contribution in [1.29, 1.82) is 0 Å². The van der Waals surface area contributed by atoms with E-state index in [2.05, 4.69) is 50.5 Å². The highest BCUT2D eigenvalue weighted by atomic mass is 35.5. The van der Waals surface area contributed by atoms with E-state index >= 15 is 4.79 Å². The zero-order chi connectivity index (χ0) is 91.2.